The maximum Gasteiger partial charge on any atom is 0.197 e. The third-order valence-corrected chi connectivity index (χ3v) is 7.63. The number of furan rings is 2. The van der Waals surface area contributed by atoms with E-state index in [1.54, 1.807) is 0 Å². The van der Waals surface area contributed by atoms with Gasteiger partial charge in [0.2, 0.25) is 0 Å². The van der Waals surface area contributed by atoms with Crippen LogP contribution in [0.1, 0.15) is 0 Å². The van der Waals surface area contributed by atoms with Crippen LogP contribution in [0, 0.1) is 0 Å². The Morgan fingerprint density at radius 1 is 0.487 bits per heavy atom. The Labute approximate surface area is 221 Å². The van der Waals surface area contributed by atoms with Gasteiger partial charge in [-0.05, 0) is 30.3 Å². The second kappa shape index (κ2) is 7.55. The molecule has 0 N–H and O–H groups in total. The number of para-hydroxylation sites is 3. The Balaban J connectivity index is 1.52. The van der Waals surface area contributed by atoms with Crippen molar-refractivity contribution in [1.29, 1.82) is 0 Å². The van der Waals surface area contributed by atoms with Gasteiger partial charge in [0.05, 0.1) is 11.0 Å². The standard InChI is InChI=1S/C34H19N3O2/c1-2-10-20(11-3-1)33-35-29-25-14-6-9-17-28(25)39-32(29)34(36-33)37-26-15-7-4-12-21(26)23-18-19-24-22-13-5-8-16-27(22)38-31(24)30(23)37/h1-19H. The molecule has 0 unspecified atom stereocenters. The topological polar surface area (TPSA) is 57.0 Å². The molecule has 5 heteroatoms. The largest absolute Gasteiger partial charge is 0.454 e. The van der Waals surface area contributed by atoms with Crippen LogP contribution in [0.3, 0.4) is 0 Å². The van der Waals surface area contributed by atoms with Gasteiger partial charge in [-0.25, -0.2) is 9.97 Å². The molecule has 0 atom stereocenters. The summed E-state index contributed by atoms with van der Waals surface area (Å²) in [6.45, 7) is 0. The lowest BCUT2D eigenvalue weighted by molar-refractivity contribution is 0.661. The molecule has 0 saturated carbocycles. The van der Waals surface area contributed by atoms with E-state index in [0.29, 0.717) is 17.2 Å². The van der Waals surface area contributed by atoms with Crippen LogP contribution >= 0.6 is 0 Å². The summed E-state index contributed by atoms with van der Waals surface area (Å²) >= 11 is 0. The van der Waals surface area contributed by atoms with Gasteiger partial charge in [-0.15, -0.1) is 0 Å². The Bertz CT molecular complexity index is 2390. The summed E-state index contributed by atoms with van der Waals surface area (Å²) in [4.78, 5) is 10.2. The van der Waals surface area contributed by atoms with E-state index >= 15 is 0 Å². The van der Waals surface area contributed by atoms with Crippen molar-refractivity contribution >= 4 is 65.8 Å². The molecule has 0 aliphatic rings. The van der Waals surface area contributed by atoms with Crippen LogP contribution in [0.25, 0.3) is 83.0 Å². The molecule has 4 heterocycles. The van der Waals surface area contributed by atoms with Crippen molar-refractivity contribution < 1.29 is 8.83 Å². The fourth-order valence-electron chi connectivity index (χ4n) is 5.90. The highest BCUT2D eigenvalue weighted by Gasteiger charge is 2.24. The van der Waals surface area contributed by atoms with Crippen molar-refractivity contribution in [2.24, 2.45) is 0 Å². The van der Waals surface area contributed by atoms with Gasteiger partial charge in [0, 0.05) is 32.5 Å². The summed E-state index contributed by atoms with van der Waals surface area (Å²) in [5.74, 6) is 1.33. The van der Waals surface area contributed by atoms with E-state index in [4.69, 9.17) is 18.8 Å². The third kappa shape index (κ3) is 2.79. The second-order valence-electron chi connectivity index (χ2n) is 9.80. The van der Waals surface area contributed by atoms with Gasteiger partial charge < -0.3 is 8.83 Å². The van der Waals surface area contributed by atoms with E-state index < -0.39 is 0 Å². The fourth-order valence-corrected chi connectivity index (χ4v) is 5.90. The van der Waals surface area contributed by atoms with Gasteiger partial charge in [0.15, 0.2) is 22.8 Å². The molecule has 182 valence electrons. The van der Waals surface area contributed by atoms with E-state index in [0.717, 1.165) is 65.8 Å². The molecule has 9 rings (SSSR count). The predicted octanol–water partition coefficient (Wildman–Crippen LogP) is 9.04. The van der Waals surface area contributed by atoms with Crippen LogP contribution in [0.5, 0.6) is 0 Å². The third-order valence-electron chi connectivity index (χ3n) is 7.63. The number of nitrogens with zero attached hydrogens (tertiary/aromatic N) is 3. The first-order valence-electron chi connectivity index (χ1n) is 12.9. The van der Waals surface area contributed by atoms with Crippen molar-refractivity contribution in [2.75, 3.05) is 0 Å². The molecule has 39 heavy (non-hydrogen) atoms. The first-order chi connectivity index (χ1) is 19.3. The van der Waals surface area contributed by atoms with Crippen molar-refractivity contribution in [3.05, 3.63) is 115 Å². The molecule has 0 saturated heterocycles. The molecule has 0 bridgehead atoms. The van der Waals surface area contributed by atoms with Gasteiger partial charge in [-0.1, -0.05) is 84.9 Å². The van der Waals surface area contributed by atoms with Crippen molar-refractivity contribution in [3.8, 4) is 17.2 Å². The minimum atomic E-state index is 0.645. The molecule has 0 aliphatic carbocycles. The Morgan fingerprint density at radius 3 is 1.97 bits per heavy atom. The Kier molecular flexibility index (Phi) is 3.99. The summed E-state index contributed by atoms with van der Waals surface area (Å²) in [5, 5.41) is 5.34. The number of hydrogen-bond acceptors (Lipinski definition) is 4. The zero-order chi connectivity index (χ0) is 25.5. The monoisotopic (exact) mass is 501 g/mol. The summed E-state index contributed by atoms with van der Waals surface area (Å²) in [6, 6.07) is 39.1. The molecule has 4 aromatic heterocycles. The molecular formula is C34H19N3O2. The molecule has 5 aromatic carbocycles. The second-order valence-corrected chi connectivity index (χ2v) is 9.80. The number of fused-ring (bicyclic) bond motifs is 10. The predicted molar refractivity (Wildman–Crippen MR) is 156 cm³/mol. The normalized spacial score (nSPS) is 12.1. The molecule has 0 fully saturated rings. The highest BCUT2D eigenvalue weighted by atomic mass is 16.3. The highest BCUT2D eigenvalue weighted by Crippen LogP contribution is 2.42. The lowest BCUT2D eigenvalue weighted by Crippen LogP contribution is -2.02. The van der Waals surface area contributed by atoms with E-state index in [9.17, 15) is 0 Å². The SMILES string of the molecule is c1ccc(-c2nc(-n3c4ccccc4c4ccc5c6ccccc6oc5c43)c3oc4ccccc4c3n2)cc1. The molecule has 0 aliphatic heterocycles. The average molecular weight is 502 g/mol. The minimum absolute atomic E-state index is 0.645. The maximum atomic E-state index is 6.55. The summed E-state index contributed by atoms with van der Waals surface area (Å²) in [5.41, 5.74) is 6.84. The average Bonchev–Trinajstić information content (AvgIpc) is 3.67. The zero-order valence-corrected chi connectivity index (χ0v) is 20.6. The number of rotatable bonds is 2. The summed E-state index contributed by atoms with van der Waals surface area (Å²) in [7, 11) is 0. The fraction of sp³-hybridized carbons (Fsp3) is 0. The van der Waals surface area contributed by atoms with Crippen LogP contribution in [0.2, 0.25) is 0 Å². The van der Waals surface area contributed by atoms with Gasteiger partial charge in [0.25, 0.3) is 0 Å². The van der Waals surface area contributed by atoms with Gasteiger partial charge in [-0.2, -0.15) is 0 Å². The van der Waals surface area contributed by atoms with E-state index in [1.165, 1.54) is 0 Å². The summed E-state index contributed by atoms with van der Waals surface area (Å²) in [6.07, 6.45) is 0. The van der Waals surface area contributed by atoms with Crippen LogP contribution in [0.15, 0.2) is 124 Å². The minimum Gasteiger partial charge on any atom is -0.454 e. The van der Waals surface area contributed by atoms with E-state index in [-0.39, 0.29) is 0 Å². The lowest BCUT2D eigenvalue weighted by atomic mass is 10.1. The van der Waals surface area contributed by atoms with Crippen LogP contribution in [-0.2, 0) is 0 Å². The van der Waals surface area contributed by atoms with Crippen molar-refractivity contribution in [1.82, 2.24) is 14.5 Å². The quantitative estimate of drug-likeness (QED) is 0.237. The van der Waals surface area contributed by atoms with Gasteiger partial charge >= 0.3 is 0 Å². The van der Waals surface area contributed by atoms with E-state index in [2.05, 4.69) is 53.1 Å². The lowest BCUT2D eigenvalue weighted by Gasteiger charge is -2.10. The van der Waals surface area contributed by atoms with Crippen molar-refractivity contribution in [2.45, 2.75) is 0 Å². The smallest absolute Gasteiger partial charge is 0.197 e. The van der Waals surface area contributed by atoms with Crippen LogP contribution in [0.4, 0.5) is 0 Å². The summed E-state index contributed by atoms with van der Waals surface area (Å²) < 4.78 is 15.2. The molecular weight excluding hydrogens is 482 g/mol. The van der Waals surface area contributed by atoms with Gasteiger partial charge in [-0.3, -0.25) is 4.57 Å². The zero-order valence-electron chi connectivity index (χ0n) is 20.6. The van der Waals surface area contributed by atoms with Gasteiger partial charge in [0.1, 0.15) is 16.7 Å². The van der Waals surface area contributed by atoms with Crippen LogP contribution < -0.4 is 0 Å². The molecule has 5 nitrogen and oxygen atoms in total. The number of hydrogen-bond donors (Lipinski definition) is 0. The first-order valence-corrected chi connectivity index (χ1v) is 12.9. The van der Waals surface area contributed by atoms with E-state index in [1.807, 2.05) is 66.7 Å². The Morgan fingerprint density at radius 2 is 1.13 bits per heavy atom. The molecule has 9 aromatic rings. The molecule has 0 amide bonds. The number of aromatic nitrogens is 3. The highest BCUT2D eigenvalue weighted by molar-refractivity contribution is 6.22. The molecule has 0 spiro atoms. The van der Waals surface area contributed by atoms with Crippen molar-refractivity contribution in [3.63, 3.8) is 0 Å². The number of benzene rings is 5. The van der Waals surface area contributed by atoms with Crippen LogP contribution in [-0.4, -0.2) is 14.5 Å². The Hall–Kier alpha value is -5.42. The molecule has 0 radical (unpaired) electrons. The maximum absolute atomic E-state index is 6.55. The first kappa shape index (κ1) is 20.6.